The Kier molecular flexibility index (Phi) is 7.08. The normalized spacial score (nSPS) is 11.2. The molecule has 1 amide bonds. The molecule has 0 unspecified atom stereocenters. The van der Waals surface area contributed by atoms with Gasteiger partial charge in [0.15, 0.2) is 0 Å². The van der Waals surface area contributed by atoms with Gasteiger partial charge in [-0.1, -0.05) is 11.8 Å². The third-order valence-corrected chi connectivity index (χ3v) is 6.41. The van der Waals surface area contributed by atoms with Gasteiger partial charge in [0.1, 0.15) is 10.8 Å². The van der Waals surface area contributed by atoms with Crippen molar-refractivity contribution in [3.8, 4) is 17.0 Å². The summed E-state index contributed by atoms with van der Waals surface area (Å²) in [5.74, 6) is 0.598. The summed E-state index contributed by atoms with van der Waals surface area (Å²) >= 11 is 4.47. The van der Waals surface area contributed by atoms with Gasteiger partial charge in [0, 0.05) is 10.0 Å². The number of carbonyl (C=O) groups is 1. The maximum absolute atomic E-state index is 12.2. The van der Waals surface area contributed by atoms with Crippen LogP contribution in [0.4, 0.5) is 5.69 Å². The number of ether oxygens (including phenoxy) is 1. The van der Waals surface area contributed by atoms with E-state index in [0.29, 0.717) is 20.9 Å². The van der Waals surface area contributed by atoms with Crippen molar-refractivity contribution in [2.75, 3.05) is 18.2 Å². The van der Waals surface area contributed by atoms with Gasteiger partial charge in [0.05, 0.1) is 29.1 Å². The molecule has 0 aliphatic carbocycles. The summed E-state index contributed by atoms with van der Waals surface area (Å²) in [5, 5.41) is 16.7. The Morgan fingerprint density at radius 2 is 1.87 bits per heavy atom. The van der Waals surface area contributed by atoms with Crippen molar-refractivity contribution in [3.63, 3.8) is 0 Å². The van der Waals surface area contributed by atoms with E-state index in [0.717, 1.165) is 11.3 Å². The third-order valence-electron chi connectivity index (χ3n) is 3.92. The Hall–Kier alpha value is -2.47. The number of nitrogens with two attached hydrogens (primary N) is 1. The molecule has 0 saturated carbocycles. The lowest BCUT2D eigenvalue weighted by molar-refractivity contribution is -0.113. The first-order valence-electron chi connectivity index (χ1n) is 8.49. The number of carbonyl (C=O) groups excluding carboxylic acids is 1. The van der Waals surface area contributed by atoms with Crippen LogP contribution in [0.5, 0.6) is 5.75 Å². The Labute approximate surface area is 186 Å². The molecule has 3 rings (SSSR count). The van der Waals surface area contributed by atoms with E-state index in [2.05, 4.69) is 31.4 Å². The summed E-state index contributed by atoms with van der Waals surface area (Å²) in [6, 6.07) is 15.2. The number of nitrogens with one attached hydrogen (secondary N) is 1. The predicted octanol–water partition coefficient (Wildman–Crippen LogP) is 3.29. The number of benzene rings is 2. The number of methoxy groups -OCH3 is 1. The van der Waals surface area contributed by atoms with Gasteiger partial charge in [-0.25, -0.2) is 13.6 Å². The van der Waals surface area contributed by atoms with Crippen molar-refractivity contribution >= 4 is 49.3 Å². The highest BCUT2D eigenvalue weighted by Crippen LogP contribution is 2.26. The molecule has 30 heavy (non-hydrogen) atoms. The number of amides is 1. The second-order valence-corrected chi connectivity index (χ2v) is 9.42. The molecule has 3 N–H and O–H groups in total. The van der Waals surface area contributed by atoms with Gasteiger partial charge in [-0.15, -0.1) is 10.2 Å². The maximum atomic E-state index is 12.2. The van der Waals surface area contributed by atoms with Crippen LogP contribution in [0.3, 0.4) is 0 Å². The minimum atomic E-state index is -3.81. The maximum Gasteiger partial charge on any atom is 0.238 e. The Balaban J connectivity index is 1.58. The van der Waals surface area contributed by atoms with Crippen LogP contribution in [-0.4, -0.2) is 37.4 Å². The smallest absolute Gasteiger partial charge is 0.238 e. The Morgan fingerprint density at radius 3 is 2.43 bits per heavy atom. The van der Waals surface area contributed by atoms with Crippen molar-refractivity contribution in [2.24, 2.45) is 5.14 Å². The van der Waals surface area contributed by atoms with Crippen molar-refractivity contribution in [2.45, 2.75) is 9.92 Å². The number of thioether (sulfide) groups is 1. The molecule has 0 aliphatic heterocycles. The minimum Gasteiger partial charge on any atom is -0.497 e. The summed E-state index contributed by atoms with van der Waals surface area (Å²) in [7, 11) is -2.21. The Bertz CT molecular complexity index is 1150. The van der Waals surface area contributed by atoms with E-state index in [1.54, 1.807) is 13.2 Å². The SMILES string of the molecule is COc1ccc(-c2ccc(SCC(=O)Nc3ccc(S(N)(=O)=O)cc3Br)nn2)cc1. The molecule has 11 heteroatoms. The highest BCUT2D eigenvalue weighted by atomic mass is 79.9. The number of primary sulfonamides is 1. The van der Waals surface area contributed by atoms with Crippen LogP contribution >= 0.6 is 27.7 Å². The fourth-order valence-corrected chi connectivity index (χ4v) is 4.20. The molecule has 0 radical (unpaired) electrons. The van der Waals surface area contributed by atoms with Crippen molar-refractivity contribution in [3.05, 3.63) is 59.1 Å². The summed E-state index contributed by atoms with van der Waals surface area (Å²) < 4.78 is 28.3. The third kappa shape index (κ3) is 5.79. The molecule has 0 saturated heterocycles. The van der Waals surface area contributed by atoms with Gasteiger partial charge in [0.2, 0.25) is 15.9 Å². The number of hydrogen-bond acceptors (Lipinski definition) is 7. The molecule has 1 heterocycles. The summed E-state index contributed by atoms with van der Waals surface area (Å²) in [6.45, 7) is 0. The number of anilines is 1. The Morgan fingerprint density at radius 1 is 1.13 bits per heavy atom. The fourth-order valence-electron chi connectivity index (χ4n) is 2.41. The predicted molar refractivity (Wildman–Crippen MR) is 119 cm³/mol. The van der Waals surface area contributed by atoms with Crippen LogP contribution in [0.15, 0.2) is 69.0 Å². The first-order chi connectivity index (χ1) is 14.3. The van der Waals surface area contributed by atoms with Crippen LogP contribution < -0.4 is 15.2 Å². The second kappa shape index (κ2) is 9.56. The molecule has 8 nitrogen and oxygen atoms in total. The highest BCUT2D eigenvalue weighted by molar-refractivity contribution is 9.10. The summed E-state index contributed by atoms with van der Waals surface area (Å²) in [4.78, 5) is 12.2. The largest absolute Gasteiger partial charge is 0.497 e. The topological polar surface area (TPSA) is 124 Å². The van der Waals surface area contributed by atoms with E-state index >= 15 is 0 Å². The van der Waals surface area contributed by atoms with E-state index < -0.39 is 10.0 Å². The van der Waals surface area contributed by atoms with Crippen LogP contribution in [0, 0.1) is 0 Å². The first-order valence-corrected chi connectivity index (χ1v) is 11.8. The molecule has 2 aromatic carbocycles. The molecule has 0 aliphatic rings. The number of aromatic nitrogens is 2. The van der Waals surface area contributed by atoms with Gasteiger partial charge >= 0.3 is 0 Å². The second-order valence-electron chi connectivity index (χ2n) is 6.01. The lowest BCUT2D eigenvalue weighted by Gasteiger charge is -2.08. The molecule has 1 aromatic heterocycles. The minimum absolute atomic E-state index is 0.0472. The van der Waals surface area contributed by atoms with Gasteiger partial charge < -0.3 is 10.1 Å². The van der Waals surface area contributed by atoms with Gasteiger partial charge in [-0.3, -0.25) is 4.79 Å². The van der Waals surface area contributed by atoms with Gasteiger partial charge in [0.25, 0.3) is 0 Å². The molecule has 0 bridgehead atoms. The monoisotopic (exact) mass is 508 g/mol. The average molecular weight is 509 g/mol. The molecule has 0 spiro atoms. The van der Waals surface area contributed by atoms with E-state index in [9.17, 15) is 13.2 Å². The standard InChI is InChI=1S/C19H17BrN4O4S2/c1-28-13-4-2-12(3-5-13)16-8-9-19(24-23-16)29-11-18(25)22-17-7-6-14(10-15(17)20)30(21,26)27/h2-10H,11H2,1H3,(H,22,25)(H2,21,26,27). The molecule has 156 valence electrons. The molecule has 3 aromatic rings. The molecule has 0 atom stereocenters. The lowest BCUT2D eigenvalue weighted by atomic mass is 10.1. The fraction of sp³-hybridized carbons (Fsp3) is 0.105. The van der Waals surface area contributed by atoms with E-state index in [4.69, 9.17) is 9.88 Å². The summed E-state index contributed by atoms with van der Waals surface area (Å²) in [5.41, 5.74) is 2.06. The van der Waals surface area contributed by atoms with Crippen LogP contribution in [0.1, 0.15) is 0 Å². The molecular weight excluding hydrogens is 492 g/mol. The van der Waals surface area contributed by atoms with Crippen molar-refractivity contribution in [1.82, 2.24) is 10.2 Å². The van der Waals surface area contributed by atoms with E-state index in [1.165, 1.54) is 30.0 Å². The number of nitrogens with zero attached hydrogens (tertiary/aromatic N) is 2. The number of hydrogen-bond donors (Lipinski definition) is 2. The number of halogens is 1. The lowest BCUT2D eigenvalue weighted by Crippen LogP contribution is -2.16. The molecular formula is C19H17BrN4O4S2. The zero-order valence-corrected chi connectivity index (χ0v) is 18.9. The quantitative estimate of drug-likeness (QED) is 0.469. The highest BCUT2D eigenvalue weighted by Gasteiger charge is 2.12. The summed E-state index contributed by atoms with van der Waals surface area (Å²) in [6.07, 6.45) is 0. The van der Waals surface area contributed by atoms with Crippen molar-refractivity contribution in [1.29, 1.82) is 0 Å². The van der Waals surface area contributed by atoms with Gasteiger partial charge in [-0.2, -0.15) is 0 Å². The van der Waals surface area contributed by atoms with Gasteiger partial charge in [-0.05, 0) is 70.5 Å². The number of rotatable bonds is 7. The van der Waals surface area contributed by atoms with Crippen LogP contribution in [-0.2, 0) is 14.8 Å². The first kappa shape index (κ1) is 22.2. The van der Waals surface area contributed by atoms with Crippen molar-refractivity contribution < 1.29 is 17.9 Å². The number of sulfonamides is 1. The van der Waals surface area contributed by atoms with E-state index in [1.807, 2.05) is 30.3 Å². The van der Waals surface area contributed by atoms with Crippen LogP contribution in [0.25, 0.3) is 11.3 Å². The van der Waals surface area contributed by atoms with E-state index in [-0.39, 0.29) is 16.6 Å². The average Bonchev–Trinajstić information content (AvgIpc) is 2.73. The zero-order valence-electron chi connectivity index (χ0n) is 15.7. The van der Waals surface area contributed by atoms with Crippen LogP contribution in [0.2, 0.25) is 0 Å². The zero-order chi connectivity index (χ0) is 21.7. The molecule has 0 fully saturated rings.